The Kier molecular flexibility index (Phi) is 8.35. The van der Waals surface area contributed by atoms with Gasteiger partial charge >= 0.3 is 0 Å². The monoisotopic (exact) mass is 847 g/mol. The van der Waals surface area contributed by atoms with Crippen LogP contribution in [0.15, 0.2) is 222 Å². The van der Waals surface area contributed by atoms with Gasteiger partial charge in [-0.15, -0.1) is 0 Å². The lowest BCUT2D eigenvalue weighted by Crippen LogP contribution is -2.52. The third-order valence-corrected chi connectivity index (χ3v) is 15.3. The standard InChI is InChI=1S/C63H45NO2/c1-2-16-40(17-3-1)43-20-14-21-45(38-43)64(58-30-15-27-51-50-26-10-13-31-59(50)65-62(51)58)57-29-12-9-22-46(57)44-34-35-54-52(39-44)49-25-8-11-28-53(49)63(54)55-36-32-41-18-4-6-23-47(41)60(55)66-61-48-24-7-5-19-42(48)33-37-56(61)63/h1-7,9-24,26-39,55-56,60-61H,8,25H2. The maximum Gasteiger partial charge on any atom is 0.159 e. The number of hydrogen-bond acceptors (Lipinski definition) is 3. The molecular weight excluding hydrogens is 803 g/mol. The quantitative estimate of drug-likeness (QED) is 0.173. The summed E-state index contributed by atoms with van der Waals surface area (Å²) in [6.45, 7) is 0. The highest BCUT2D eigenvalue weighted by Crippen LogP contribution is 2.68. The Balaban J connectivity index is 0.982. The lowest BCUT2D eigenvalue weighted by molar-refractivity contribution is -0.130. The zero-order valence-corrected chi connectivity index (χ0v) is 36.3. The first-order chi connectivity index (χ1) is 32.7. The van der Waals surface area contributed by atoms with Crippen LogP contribution in [-0.4, -0.2) is 0 Å². The molecule has 14 rings (SSSR count). The minimum atomic E-state index is -0.331. The Morgan fingerprint density at radius 3 is 1.98 bits per heavy atom. The largest absolute Gasteiger partial charge is 0.454 e. The Bertz CT molecular complexity index is 3500. The molecule has 66 heavy (non-hydrogen) atoms. The molecule has 0 saturated carbocycles. The summed E-state index contributed by atoms with van der Waals surface area (Å²) in [5.41, 5.74) is 20.1. The summed E-state index contributed by atoms with van der Waals surface area (Å²) in [4.78, 5) is 2.41. The van der Waals surface area contributed by atoms with E-state index < -0.39 is 0 Å². The van der Waals surface area contributed by atoms with E-state index >= 15 is 0 Å². The van der Waals surface area contributed by atoms with E-state index in [-0.39, 0.29) is 29.5 Å². The van der Waals surface area contributed by atoms with Crippen molar-refractivity contribution in [3.8, 4) is 22.3 Å². The first-order valence-electron chi connectivity index (χ1n) is 23.4. The molecule has 4 aliphatic carbocycles. The van der Waals surface area contributed by atoms with Gasteiger partial charge in [0.25, 0.3) is 0 Å². The first kappa shape index (κ1) is 37.6. The average Bonchev–Trinajstić information content (AvgIpc) is 3.91. The maximum atomic E-state index is 7.47. The van der Waals surface area contributed by atoms with Crippen LogP contribution in [0.5, 0.6) is 0 Å². The van der Waals surface area contributed by atoms with Crippen molar-refractivity contribution in [3.63, 3.8) is 0 Å². The van der Waals surface area contributed by atoms with E-state index in [1.54, 1.807) is 0 Å². The van der Waals surface area contributed by atoms with Crippen LogP contribution in [-0.2, 0) is 10.2 Å². The second-order valence-corrected chi connectivity index (χ2v) is 18.5. The highest BCUT2D eigenvalue weighted by Gasteiger charge is 2.62. The predicted molar refractivity (Wildman–Crippen MR) is 271 cm³/mol. The van der Waals surface area contributed by atoms with Crippen molar-refractivity contribution in [3.05, 3.63) is 251 Å². The van der Waals surface area contributed by atoms with Crippen LogP contribution in [0.25, 0.3) is 61.9 Å². The molecule has 4 atom stereocenters. The molecule has 1 aromatic heterocycles. The molecule has 0 N–H and O–H groups in total. The number of anilines is 3. The fourth-order valence-corrected chi connectivity index (χ4v) is 12.5. The van der Waals surface area contributed by atoms with Crippen LogP contribution in [0.2, 0.25) is 0 Å². The molecule has 4 unspecified atom stereocenters. The SMILES string of the molecule is C1=CC2=C(CC1)c1cc(-c3ccccc3N(c3cccc(-c4ccccc4)c3)c3cccc4c3oc3ccccc34)ccc1C21C2C=Cc3ccccc3C2OC2c3ccccc3C=CC21. The van der Waals surface area contributed by atoms with E-state index in [1.165, 1.54) is 55.7 Å². The molecule has 0 radical (unpaired) electrons. The van der Waals surface area contributed by atoms with Gasteiger partial charge in [0.1, 0.15) is 5.58 Å². The van der Waals surface area contributed by atoms with Crippen LogP contribution in [0.4, 0.5) is 17.1 Å². The minimum absolute atomic E-state index is 0.0939. The number of allylic oxidation sites excluding steroid dienone is 4. The van der Waals surface area contributed by atoms with E-state index in [4.69, 9.17) is 9.15 Å². The molecule has 314 valence electrons. The number of furan rings is 1. The second kappa shape index (κ2) is 14.7. The lowest BCUT2D eigenvalue weighted by atomic mass is 9.52. The zero-order chi connectivity index (χ0) is 43.3. The fourth-order valence-electron chi connectivity index (χ4n) is 12.5. The van der Waals surface area contributed by atoms with Crippen molar-refractivity contribution in [1.29, 1.82) is 0 Å². The number of hydrogen-bond donors (Lipinski definition) is 0. The third-order valence-electron chi connectivity index (χ3n) is 15.3. The Labute approximate surface area is 384 Å². The van der Waals surface area contributed by atoms with E-state index in [1.807, 2.05) is 0 Å². The zero-order valence-electron chi connectivity index (χ0n) is 36.3. The van der Waals surface area contributed by atoms with Gasteiger partial charge in [-0.2, -0.15) is 0 Å². The molecule has 1 saturated heterocycles. The molecule has 9 aromatic rings. The molecular formula is C63H45NO2. The molecule has 0 amide bonds. The average molecular weight is 848 g/mol. The van der Waals surface area contributed by atoms with Gasteiger partial charge in [0, 0.05) is 39.3 Å². The second-order valence-electron chi connectivity index (χ2n) is 18.5. The number of fused-ring (bicyclic) bond motifs is 15. The van der Waals surface area contributed by atoms with Gasteiger partial charge in [-0.3, -0.25) is 0 Å². The normalized spacial score (nSPS) is 21.9. The smallest absolute Gasteiger partial charge is 0.159 e. The maximum absolute atomic E-state index is 7.47. The van der Waals surface area contributed by atoms with Gasteiger partial charge in [0.2, 0.25) is 0 Å². The van der Waals surface area contributed by atoms with Crippen molar-refractivity contribution in [2.24, 2.45) is 11.8 Å². The number of rotatable bonds is 5. The molecule has 1 spiro atoms. The summed E-state index contributed by atoms with van der Waals surface area (Å²) in [6.07, 6.45) is 16.5. The molecule has 3 heteroatoms. The van der Waals surface area contributed by atoms with Crippen molar-refractivity contribution in [2.45, 2.75) is 30.5 Å². The van der Waals surface area contributed by atoms with Gasteiger partial charge in [-0.1, -0.05) is 188 Å². The number of nitrogens with zero attached hydrogens (tertiary/aromatic N) is 1. The lowest BCUT2D eigenvalue weighted by Gasteiger charge is -2.56. The van der Waals surface area contributed by atoms with Crippen LogP contribution >= 0.6 is 0 Å². The topological polar surface area (TPSA) is 25.6 Å². The van der Waals surface area contributed by atoms with E-state index in [9.17, 15) is 0 Å². The Morgan fingerprint density at radius 1 is 0.500 bits per heavy atom. The van der Waals surface area contributed by atoms with Crippen LogP contribution in [0.1, 0.15) is 58.4 Å². The Hall–Kier alpha value is -7.72. The van der Waals surface area contributed by atoms with Crippen molar-refractivity contribution < 1.29 is 9.15 Å². The van der Waals surface area contributed by atoms with Gasteiger partial charge in [0.05, 0.1) is 23.6 Å². The number of para-hydroxylation sites is 3. The molecule has 1 aliphatic heterocycles. The highest BCUT2D eigenvalue weighted by molar-refractivity contribution is 6.11. The third kappa shape index (κ3) is 5.41. The van der Waals surface area contributed by atoms with E-state index in [0.717, 1.165) is 63.0 Å². The molecule has 8 aromatic carbocycles. The molecule has 3 nitrogen and oxygen atoms in total. The van der Waals surface area contributed by atoms with Gasteiger partial charge < -0.3 is 14.1 Å². The van der Waals surface area contributed by atoms with E-state index in [2.05, 4.69) is 229 Å². The van der Waals surface area contributed by atoms with Crippen molar-refractivity contribution in [2.75, 3.05) is 4.90 Å². The van der Waals surface area contributed by atoms with Crippen molar-refractivity contribution in [1.82, 2.24) is 0 Å². The number of benzene rings is 8. The van der Waals surface area contributed by atoms with Crippen LogP contribution < -0.4 is 4.90 Å². The fraction of sp³-hybridized carbons (Fsp3) is 0.111. The first-order valence-corrected chi connectivity index (χ1v) is 23.4. The summed E-state index contributed by atoms with van der Waals surface area (Å²) >= 11 is 0. The van der Waals surface area contributed by atoms with Gasteiger partial charge in [0.15, 0.2) is 5.58 Å². The molecule has 5 aliphatic rings. The van der Waals surface area contributed by atoms with Crippen LogP contribution in [0, 0.1) is 11.8 Å². The van der Waals surface area contributed by atoms with Crippen molar-refractivity contribution >= 4 is 56.7 Å². The summed E-state index contributed by atoms with van der Waals surface area (Å²) < 4.78 is 14.3. The van der Waals surface area contributed by atoms with Crippen LogP contribution in [0.3, 0.4) is 0 Å². The number of ether oxygens (including phenoxy) is 1. The minimum Gasteiger partial charge on any atom is -0.454 e. The summed E-state index contributed by atoms with van der Waals surface area (Å²) in [7, 11) is 0. The van der Waals surface area contributed by atoms with Gasteiger partial charge in [-0.25, -0.2) is 0 Å². The molecule has 2 heterocycles. The predicted octanol–water partition coefficient (Wildman–Crippen LogP) is 16.5. The Morgan fingerprint density at radius 2 is 1.17 bits per heavy atom. The summed E-state index contributed by atoms with van der Waals surface area (Å²) in [5.74, 6) is 0.208. The highest BCUT2D eigenvalue weighted by atomic mass is 16.5. The molecule has 1 fully saturated rings. The summed E-state index contributed by atoms with van der Waals surface area (Å²) in [6, 6.07) is 68.6. The van der Waals surface area contributed by atoms with E-state index in [0.29, 0.717) is 0 Å². The molecule has 0 bridgehead atoms. The summed E-state index contributed by atoms with van der Waals surface area (Å²) in [5, 5.41) is 2.22. The van der Waals surface area contributed by atoms with Gasteiger partial charge in [-0.05, 0) is 110 Å².